The molecule has 0 atom stereocenters. The van der Waals surface area contributed by atoms with Crippen molar-refractivity contribution in [1.82, 2.24) is 9.88 Å². The van der Waals surface area contributed by atoms with Gasteiger partial charge in [-0.1, -0.05) is 40.9 Å². The first-order chi connectivity index (χ1) is 11.1. The molecule has 0 bridgehead atoms. The topological polar surface area (TPSA) is 36.4 Å². The molecular formula is C16H14Cl3N3O. The van der Waals surface area contributed by atoms with Crippen LogP contribution in [0.25, 0.3) is 0 Å². The highest BCUT2D eigenvalue weighted by atomic mass is 35.5. The van der Waals surface area contributed by atoms with Gasteiger partial charge in [-0.25, -0.2) is 4.98 Å². The van der Waals surface area contributed by atoms with Crippen LogP contribution in [-0.4, -0.2) is 42.0 Å². The van der Waals surface area contributed by atoms with Crippen LogP contribution in [0.2, 0.25) is 15.2 Å². The van der Waals surface area contributed by atoms with Crippen molar-refractivity contribution in [3.8, 4) is 0 Å². The largest absolute Gasteiger partial charge is 0.368 e. The Hall–Kier alpha value is -1.49. The average Bonchev–Trinajstić information content (AvgIpc) is 2.57. The molecule has 120 valence electrons. The Bertz CT molecular complexity index is 730. The fourth-order valence-corrected chi connectivity index (χ4v) is 3.15. The van der Waals surface area contributed by atoms with Crippen molar-refractivity contribution in [2.24, 2.45) is 0 Å². The number of anilines is 1. The Morgan fingerprint density at radius 3 is 2.48 bits per heavy atom. The van der Waals surface area contributed by atoms with Crippen molar-refractivity contribution < 1.29 is 4.79 Å². The maximum Gasteiger partial charge on any atom is 0.255 e. The van der Waals surface area contributed by atoms with Crippen molar-refractivity contribution in [2.75, 3.05) is 31.1 Å². The lowest BCUT2D eigenvalue weighted by Crippen LogP contribution is -2.48. The molecule has 3 rings (SSSR count). The minimum Gasteiger partial charge on any atom is -0.368 e. The van der Waals surface area contributed by atoms with Crippen LogP contribution in [0.3, 0.4) is 0 Å². The predicted octanol–water partition coefficient (Wildman–Crippen LogP) is 4.00. The summed E-state index contributed by atoms with van der Waals surface area (Å²) < 4.78 is 0. The second-order valence-electron chi connectivity index (χ2n) is 5.22. The number of hydrogen-bond donors (Lipinski definition) is 0. The zero-order chi connectivity index (χ0) is 16.4. The summed E-state index contributed by atoms with van der Waals surface area (Å²) in [6.07, 6.45) is 1.68. The molecule has 23 heavy (non-hydrogen) atoms. The maximum absolute atomic E-state index is 12.6. The number of pyridine rings is 1. The number of carbonyl (C=O) groups excluding carboxylic acids is 1. The number of amides is 1. The predicted molar refractivity (Wildman–Crippen MR) is 93.8 cm³/mol. The molecule has 0 unspecified atom stereocenters. The first-order valence-corrected chi connectivity index (χ1v) is 8.29. The number of nitrogens with zero attached hydrogens (tertiary/aromatic N) is 3. The van der Waals surface area contributed by atoms with Crippen molar-refractivity contribution in [3.63, 3.8) is 0 Å². The molecule has 1 aromatic carbocycles. The third-order valence-electron chi connectivity index (χ3n) is 3.82. The smallest absolute Gasteiger partial charge is 0.255 e. The third-order valence-corrected chi connectivity index (χ3v) is 4.85. The first-order valence-electron chi connectivity index (χ1n) is 7.16. The van der Waals surface area contributed by atoms with Crippen molar-refractivity contribution in [2.45, 2.75) is 0 Å². The van der Waals surface area contributed by atoms with Crippen LogP contribution in [0, 0.1) is 0 Å². The Kier molecular flexibility index (Phi) is 4.95. The van der Waals surface area contributed by atoms with Crippen LogP contribution < -0.4 is 4.90 Å². The maximum atomic E-state index is 12.6. The summed E-state index contributed by atoms with van der Waals surface area (Å²) in [6, 6.07) is 8.85. The normalized spacial score (nSPS) is 14.9. The molecule has 0 radical (unpaired) electrons. The molecule has 2 heterocycles. The Labute approximate surface area is 149 Å². The molecular weight excluding hydrogens is 357 g/mol. The van der Waals surface area contributed by atoms with E-state index < -0.39 is 0 Å². The van der Waals surface area contributed by atoms with E-state index in [-0.39, 0.29) is 5.91 Å². The number of rotatable bonds is 2. The number of hydrogen-bond acceptors (Lipinski definition) is 3. The van der Waals surface area contributed by atoms with E-state index in [1.54, 1.807) is 29.3 Å². The van der Waals surface area contributed by atoms with Crippen molar-refractivity contribution in [1.29, 1.82) is 0 Å². The fourth-order valence-electron chi connectivity index (χ4n) is 2.60. The molecule has 1 saturated heterocycles. The lowest BCUT2D eigenvalue weighted by atomic mass is 10.1. The highest BCUT2D eigenvalue weighted by molar-refractivity contribution is 6.43. The molecule has 0 spiro atoms. The molecule has 0 N–H and O–H groups in total. The van der Waals surface area contributed by atoms with Crippen molar-refractivity contribution in [3.05, 3.63) is 57.3 Å². The van der Waals surface area contributed by atoms with E-state index in [9.17, 15) is 4.79 Å². The molecule has 1 fully saturated rings. The summed E-state index contributed by atoms with van der Waals surface area (Å²) in [4.78, 5) is 20.6. The number of carbonyl (C=O) groups is 1. The van der Waals surface area contributed by atoms with Gasteiger partial charge in [0, 0.05) is 38.1 Å². The van der Waals surface area contributed by atoms with Crippen LogP contribution in [0.1, 0.15) is 10.4 Å². The number of piperazine rings is 1. The molecule has 0 aliphatic carbocycles. The Morgan fingerprint density at radius 2 is 1.78 bits per heavy atom. The van der Waals surface area contributed by atoms with Crippen molar-refractivity contribution >= 4 is 46.4 Å². The quantitative estimate of drug-likeness (QED) is 0.750. The molecule has 1 amide bonds. The molecule has 2 aromatic rings. The lowest BCUT2D eigenvalue weighted by molar-refractivity contribution is 0.0747. The zero-order valence-electron chi connectivity index (χ0n) is 12.2. The van der Waals surface area contributed by atoms with Gasteiger partial charge in [0.2, 0.25) is 0 Å². The Balaban J connectivity index is 1.69. The highest BCUT2D eigenvalue weighted by Crippen LogP contribution is 2.27. The van der Waals surface area contributed by atoms with Gasteiger partial charge < -0.3 is 9.80 Å². The van der Waals surface area contributed by atoms with Gasteiger partial charge in [0.1, 0.15) is 5.15 Å². The highest BCUT2D eigenvalue weighted by Gasteiger charge is 2.24. The summed E-state index contributed by atoms with van der Waals surface area (Å²) in [5.41, 5.74) is 1.46. The minimum absolute atomic E-state index is 0.0927. The summed E-state index contributed by atoms with van der Waals surface area (Å²) >= 11 is 18.0. The van der Waals surface area contributed by atoms with Gasteiger partial charge in [0.15, 0.2) is 0 Å². The summed E-state index contributed by atoms with van der Waals surface area (Å²) in [7, 11) is 0. The number of benzene rings is 1. The Morgan fingerprint density at radius 1 is 1.04 bits per heavy atom. The van der Waals surface area contributed by atoms with Crippen LogP contribution in [0.15, 0.2) is 36.5 Å². The van der Waals surface area contributed by atoms with E-state index in [1.807, 2.05) is 12.1 Å². The van der Waals surface area contributed by atoms with E-state index >= 15 is 0 Å². The van der Waals surface area contributed by atoms with Gasteiger partial charge in [-0.15, -0.1) is 0 Å². The lowest BCUT2D eigenvalue weighted by Gasteiger charge is -2.36. The number of halogens is 3. The summed E-state index contributed by atoms with van der Waals surface area (Å²) in [5.74, 6) is -0.0927. The summed E-state index contributed by atoms with van der Waals surface area (Å²) in [5, 5.41) is 1.16. The monoisotopic (exact) mass is 369 g/mol. The molecule has 4 nitrogen and oxygen atoms in total. The molecule has 1 aliphatic rings. The second-order valence-corrected chi connectivity index (χ2v) is 6.39. The molecule has 0 saturated carbocycles. The zero-order valence-corrected chi connectivity index (χ0v) is 14.4. The molecule has 1 aliphatic heterocycles. The second kappa shape index (κ2) is 6.95. The van der Waals surface area contributed by atoms with Gasteiger partial charge in [-0.3, -0.25) is 4.79 Å². The molecule has 1 aromatic heterocycles. The van der Waals surface area contributed by atoms with Gasteiger partial charge in [-0.2, -0.15) is 0 Å². The average molecular weight is 371 g/mol. The SMILES string of the molecule is O=C(c1cccc(Cl)c1Cl)N1CCN(c2ccnc(Cl)c2)CC1. The van der Waals surface area contributed by atoms with E-state index in [0.29, 0.717) is 33.9 Å². The van der Waals surface area contributed by atoms with E-state index in [2.05, 4.69) is 9.88 Å². The van der Waals surface area contributed by atoms with Crippen LogP contribution in [0.5, 0.6) is 0 Å². The first kappa shape index (κ1) is 16.4. The van der Waals surface area contributed by atoms with Gasteiger partial charge in [0.05, 0.1) is 15.6 Å². The van der Waals surface area contributed by atoms with Gasteiger partial charge >= 0.3 is 0 Å². The van der Waals surface area contributed by atoms with E-state index in [0.717, 1.165) is 18.8 Å². The van der Waals surface area contributed by atoms with Crippen LogP contribution in [0.4, 0.5) is 5.69 Å². The van der Waals surface area contributed by atoms with Crippen LogP contribution >= 0.6 is 34.8 Å². The van der Waals surface area contributed by atoms with Gasteiger partial charge in [0.25, 0.3) is 5.91 Å². The van der Waals surface area contributed by atoms with E-state index in [1.165, 1.54) is 0 Å². The molecule has 7 heteroatoms. The summed E-state index contributed by atoms with van der Waals surface area (Å²) in [6.45, 7) is 2.68. The standard InChI is InChI=1S/C16H14Cl3N3O/c17-13-3-1-2-12(15(13)19)16(23)22-8-6-21(7-9-22)11-4-5-20-14(18)10-11/h1-5,10H,6-9H2. The van der Waals surface area contributed by atoms with E-state index in [4.69, 9.17) is 34.8 Å². The number of aromatic nitrogens is 1. The van der Waals surface area contributed by atoms with Crippen LogP contribution in [-0.2, 0) is 0 Å². The fraction of sp³-hybridized carbons (Fsp3) is 0.250. The third kappa shape index (κ3) is 3.55. The minimum atomic E-state index is -0.0927. The van der Waals surface area contributed by atoms with Gasteiger partial charge in [-0.05, 0) is 24.3 Å².